The van der Waals surface area contributed by atoms with Crippen LogP contribution in [-0.4, -0.2) is 28.3 Å². The maximum Gasteiger partial charge on any atom is 0.167 e. The van der Waals surface area contributed by atoms with Crippen LogP contribution in [-0.2, 0) is 22.5 Å². The van der Waals surface area contributed by atoms with Crippen LogP contribution in [0.3, 0.4) is 0 Å². The van der Waals surface area contributed by atoms with Crippen LogP contribution in [0.5, 0.6) is 0 Å². The van der Waals surface area contributed by atoms with E-state index >= 15 is 0 Å². The Labute approximate surface area is 120 Å². The Morgan fingerprint density at radius 1 is 1.42 bits per heavy atom. The Hall–Kier alpha value is -0.870. The molecule has 0 aliphatic heterocycles. The minimum Gasteiger partial charge on any atom is -0.371 e. The van der Waals surface area contributed by atoms with Crippen molar-refractivity contribution in [1.29, 1.82) is 0 Å². The van der Waals surface area contributed by atoms with Crippen LogP contribution in [0.2, 0.25) is 5.02 Å². The summed E-state index contributed by atoms with van der Waals surface area (Å²) in [5.74, 6) is 0.0835. The van der Waals surface area contributed by atoms with Crippen LogP contribution < -0.4 is 0 Å². The molecule has 0 fully saturated rings. The molecule has 5 heteroatoms. The van der Waals surface area contributed by atoms with Crippen molar-refractivity contribution in [3.05, 3.63) is 16.4 Å². The van der Waals surface area contributed by atoms with Crippen molar-refractivity contribution in [3.63, 3.8) is 0 Å². The van der Waals surface area contributed by atoms with Crippen LogP contribution in [0.15, 0.2) is 0 Å². The van der Waals surface area contributed by atoms with E-state index in [1.165, 1.54) is 0 Å². The molecular weight excluding hydrogens is 264 g/mol. The van der Waals surface area contributed by atoms with Gasteiger partial charge in [-0.05, 0) is 27.2 Å². The van der Waals surface area contributed by atoms with Gasteiger partial charge in [0.15, 0.2) is 5.78 Å². The fraction of sp³-hybridized carbons (Fsp3) is 0.714. The number of hydrogen-bond acceptors (Lipinski definition) is 3. The summed E-state index contributed by atoms with van der Waals surface area (Å²) in [7, 11) is 0. The number of ketones is 1. The van der Waals surface area contributed by atoms with E-state index in [1.807, 2.05) is 27.7 Å². The summed E-state index contributed by atoms with van der Waals surface area (Å²) in [6, 6.07) is 0. The van der Waals surface area contributed by atoms with Crippen LogP contribution in [0.25, 0.3) is 0 Å². The normalized spacial score (nSPS) is 12.7. The van der Waals surface area contributed by atoms with Crippen molar-refractivity contribution in [3.8, 4) is 0 Å². The first-order chi connectivity index (χ1) is 9.04. The number of nitrogens with zero attached hydrogens (tertiary/aromatic N) is 2. The number of aromatic nitrogens is 2. The van der Waals surface area contributed by atoms with Crippen molar-refractivity contribution in [2.45, 2.75) is 59.6 Å². The van der Waals surface area contributed by atoms with E-state index in [0.29, 0.717) is 18.2 Å². The van der Waals surface area contributed by atoms with E-state index in [2.05, 4.69) is 5.10 Å². The highest BCUT2D eigenvalue weighted by atomic mass is 35.5. The summed E-state index contributed by atoms with van der Waals surface area (Å²) in [5, 5.41) is 4.92. The van der Waals surface area contributed by atoms with E-state index in [4.69, 9.17) is 16.3 Å². The average Bonchev–Trinajstić information content (AvgIpc) is 2.66. The zero-order valence-electron chi connectivity index (χ0n) is 12.2. The molecule has 0 aromatic carbocycles. The number of ether oxygens (including phenoxy) is 1. The lowest BCUT2D eigenvalue weighted by Crippen LogP contribution is -2.27. The molecule has 0 spiro atoms. The molecule has 0 saturated heterocycles. The first kappa shape index (κ1) is 16.2. The number of carbonyl (C=O) groups excluding carboxylic acids is 1. The Bertz CT molecular complexity index is 423. The van der Waals surface area contributed by atoms with Gasteiger partial charge in [0, 0.05) is 13.2 Å². The maximum absolute atomic E-state index is 12.3. The molecule has 0 aliphatic carbocycles. The average molecular weight is 287 g/mol. The standard InChI is InChI=1S/C14H23ClN2O2/c1-5-8-13(19-7-3)12(18)9-11-14(15)10(4)16-17(11)6-2/h13H,5-9H2,1-4H3. The van der Waals surface area contributed by atoms with Crippen molar-refractivity contribution in [1.82, 2.24) is 9.78 Å². The van der Waals surface area contributed by atoms with Gasteiger partial charge < -0.3 is 4.74 Å². The molecule has 0 amide bonds. The van der Waals surface area contributed by atoms with Crippen LogP contribution >= 0.6 is 11.6 Å². The summed E-state index contributed by atoms with van der Waals surface area (Å²) in [6.45, 7) is 9.06. The predicted octanol–water partition coefficient (Wildman–Crippen LogP) is 3.18. The lowest BCUT2D eigenvalue weighted by molar-refractivity contribution is -0.130. The smallest absolute Gasteiger partial charge is 0.167 e. The summed E-state index contributed by atoms with van der Waals surface area (Å²) < 4.78 is 7.31. The van der Waals surface area contributed by atoms with Gasteiger partial charge in [0.2, 0.25) is 0 Å². The molecule has 0 bridgehead atoms. The lowest BCUT2D eigenvalue weighted by atomic mass is 10.1. The van der Waals surface area contributed by atoms with E-state index in [9.17, 15) is 4.79 Å². The monoisotopic (exact) mass is 286 g/mol. The first-order valence-electron chi connectivity index (χ1n) is 6.91. The van der Waals surface area contributed by atoms with Crippen LogP contribution in [0, 0.1) is 6.92 Å². The molecule has 0 N–H and O–H groups in total. The third-order valence-electron chi connectivity index (χ3n) is 3.07. The molecule has 0 saturated carbocycles. The zero-order valence-corrected chi connectivity index (χ0v) is 13.0. The zero-order chi connectivity index (χ0) is 14.4. The molecule has 1 heterocycles. The largest absolute Gasteiger partial charge is 0.371 e. The molecule has 108 valence electrons. The van der Waals surface area contributed by atoms with Gasteiger partial charge in [0.1, 0.15) is 6.10 Å². The maximum atomic E-state index is 12.3. The van der Waals surface area contributed by atoms with Crippen LogP contribution in [0.1, 0.15) is 45.0 Å². The third kappa shape index (κ3) is 4.05. The fourth-order valence-corrected chi connectivity index (χ4v) is 2.32. The van der Waals surface area contributed by atoms with E-state index < -0.39 is 0 Å². The van der Waals surface area contributed by atoms with Gasteiger partial charge in [-0.3, -0.25) is 9.48 Å². The predicted molar refractivity (Wildman–Crippen MR) is 76.7 cm³/mol. The Kier molecular flexibility index (Phi) is 6.52. The van der Waals surface area contributed by atoms with Gasteiger partial charge >= 0.3 is 0 Å². The van der Waals surface area contributed by atoms with Gasteiger partial charge in [0.05, 0.1) is 22.8 Å². The van der Waals surface area contributed by atoms with Gasteiger partial charge in [-0.1, -0.05) is 24.9 Å². The summed E-state index contributed by atoms with van der Waals surface area (Å²) in [5.41, 5.74) is 1.57. The second-order valence-electron chi connectivity index (χ2n) is 4.54. The molecule has 19 heavy (non-hydrogen) atoms. The number of carbonyl (C=O) groups is 1. The van der Waals surface area contributed by atoms with E-state index in [0.717, 1.165) is 24.2 Å². The lowest BCUT2D eigenvalue weighted by Gasteiger charge is -2.15. The van der Waals surface area contributed by atoms with Crippen molar-refractivity contribution < 1.29 is 9.53 Å². The molecule has 1 atom stereocenters. The quantitative estimate of drug-likeness (QED) is 0.737. The van der Waals surface area contributed by atoms with Gasteiger partial charge in [-0.15, -0.1) is 0 Å². The van der Waals surface area contributed by atoms with Gasteiger partial charge in [-0.25, -0.2) is 0 Å². The Balaban J connectivity index is 2.85. The number of halogens is 1. The highest BCUT2D eigenvalue weighted by Gasteiger charge is 2.22. The molecule has 4 nitrogen and oxygen atoms in total. The minimum absolute atomic E-state index is 0.0835. The van der Waals surface area contributed by atoms with Gasteiger partial charge in [-0.2, -0.15) is 5.10 Å². The Morgan fingerprint density at radius 2 is 2.11 bits per heavy atom. The fourth-order valence-electron chi connectivity index (χ4n) is 2.12. The molecule has 1 unspecified atom stereocenters. The highest BCUT2D eigenvalue weighted by Crippen LogP contribution is 2.22. The van der Waals surface area contributed by atoms with Gasteiger partial charge in [0.25, 0.3) is 0 Å². The third-order valence-corrected chi connectivity index (χ3v) is 3.56. The number of rotatable bonds is 8. The minimum atomic E-state index is -0.327. The summed E-state index contributed by atoms with van der Waals surface area (Å²) in [4.78, 5) is 12.3. The second kappa shape index (κ2) is 7.65. The molecule has 0 aliphatic rings. The molecule has 1 aromatic rings. The Morgan fingerprint density at radius 3 is 2.63 bits per heavy atom. The van der Waals surface area contributed by atoms with Crippen molar-refractivity contribution >= 4 is 17.4 Å². The van der Waals surface area contributed by atoms with E-state index in [-0.39, 0.29) is 18.3 Å². The summed E-state index contributed by atoms with van der Waals surface area (Å²) in [6.07, 6.45) is 1.64. The van der Waals surface area contributed by atoms with Crippen LogP contribution in [0.4, 0.5) is 0 Å². The topological polar surface area (TPSA) is 44.1 Å². The second-order valence-corrected chi connectivity index (χ2v) is 4.92. The first-order valence-corrected chi connectivity index (χ1v) is 7.28. The number of aryl methyl sites for hydroxylation is 2. The van der Waals surface area contributed by atoms with Crippen molar-refractivity contribution in [2.24, 2.45) is 0 Å². The molecular formula is C14H23ClN2O2. The molecule has 0 radical (unpaired) electrons. The van der Waals surface area contributed by atoms with E-state index in [1.54, 1.807) is 4.68 Å². The SMILES string of the molecule is CCCC(OCC)C(=O)Cc1c(Cl)c(C)nn1CC. The number of Topliss-reactive ketones (excluding diaryl/α,β-unsaturated/α-hetero) is 1. The highest BCUT2D eigenvalue weighted by molar-refractivity contribution is 6.32. The molecule has 1 rings (SSSR count). The summed E-state index contributed by atoms with van der Waals surface area (Å²) >= 11 is 6.22. The number of hydrogen-bond donors (Lipinski definition) is 0. The molecule has 1 aromatic heterocycles. The van der Waals surface area contributed by atoms with Crippen molar-refractivity contribution in [2.75, 3.05) is 6.61 Å².